The molecule has 4 aromatic rings. The second kappa shape index (κ2) is 11.5. The summed E-state index contributed by atoms with van der Waals surface area (Å²) in [7, 11) is 0. The number of aryl methyl sites for hydroxylation is 3. The first-order valence-corrected chi connectivity index (χ1v) is 13.3. The van der Waals surface area contributed by atoms with E-state index in [-0.39, 0.29) is 0 Å². The molecular weight excluding hydrogens is 448 g/mol. The van der Waals surface area contributed by atoms with Gasteiger partial charge in [0.05, 0.1) is 0 Å². The van der Waals surface area contributed by atoms with Crippen LogP contribution in [0.15, 0.2) is 97.1 Å². The van der Waals surface area contributed by atoms with Gasteiger partial charge in [0.15, 0.2) is 0 Å². The van der Waals surface area contributed by atoms with E-state index >= 15 is 0 Å². The van der Waals surface area contributed by atoms with Crippen LogP contribution in [0.5, 0.6) is 0 Å². The standard InChI is InChI=1S/C35H40N2/c1-24(2)18-29-10-8-12-31(22-29)36-34-20-28(7)35(21-27(34)6)37(32-16-14-26(5)15-17-32)33-13-9-11-30(23-33)19-25(3)4/h8-17,20-23,25,36H,1,18-19H2,2-7H3. The first-order valence-electron chi connectivity index (χ1n) is 13.3. The summed E-state index contributed by atoms with van der Waals surface area (Å²) >= 11 is 0. The third kappa shape index (κ3) is 6.71. The number of hydrogen-bond acceptors (Lipinski definition) is 2. The molecule has 0 atom stereocenters. The SMILES string of the molecule is C=C(C)Cc1cccc(Nc2cc(C)c(N(c3ccc(C)cc3)c3cccc(CC(C)C)c3)cc2C)c1. The van der Waals surface area contributed by atoms with Gasteiger partial charge < -0.3 is 10.2 Å². The summed E-state index contributed by atoms with van der Waals surface area (Å²) in [4.78, 5) is 2.39. The highest BCUT2D eigenvalue weighted by atomic mass is 15.1. The Labute approximate surface area is 223 Å². The molecule has 1 N–H and O–H groups in total. The largest absolute Gasteiger partial charge is 0.355 e. The van der Waals surface area contributed by atoms with Gasteiger partial charge >= 0.3 is 0 Å². The van der Waals surface area contributed by atoms with Crippen LogP contribution in [0, 0.1) is 26.7 Å². The van der Waals surface area contributed by atoms with Crippen molar-refractivity contribution in [1.82, 2.24) is 0 Å². The van der Waals surface area contributed by atoms with Crippen LogP contribution in [0.25, 0.3) is 0 Å². The highest BCUT2D eigenvalue weighted by Gasteiger charge is 2.17. The fraction of sp³-hybridized carbons (Fsp3) is 0.257. The normalized spacial score (nSPS) is 11.0. The van der Waals surface area contributed by atoms with Crippen LogP contribution in [0.2, 0.25) is 0 Å². The van der Waals surface area contributed by atoms with E-state index in [1.54, 1.807) is 0 Å². The molecule has 0 saturated carbocycles. The van der Waals surface area contributed by atoms with E-state index in [0.717, 1.165) is 24.2 Å². The lowest BCUT2D eigenvalue weighted by Gasteiger charge is -2.29. The first-order chi connectivity index (χ1) is 17.7. The predicted molar refractivity (Wildman–Crippen MR) is 162 cm³/mol. The second-order valence-corrected chi connectivity index (χ2v) is 10.9. The van der Waals surface area contributed by atoms with Gasteiger partial charge in [-0.3, -0.25) is 0 Å². The van der Waals surface area contributed by atoms with Gasteiger partial charge in [0, 0.05) is 28.4 Å². The van der Waals surface area contributed by atoms with Gasteiger partial charge in [0.25, 0.3) is 0 Å². The van der Waals surface area contributed by atoms with Crippen molar-refractivity contribution in [3.05, 3.63) is 125 Å². The van der Waals surface area contributed by atoms with Gasteiger partial charge in [-0.2, -0.15) is 0 Å². The van der Waals surface area contributed by atoms with Crippen molar-refractivity contribution in [1.29, 1.82) is 0 Å². The summed E-state index contributed by atoms with van der Waals surface area (Å²) in [6.45, 7) is 17.2. The third-order valence-electron chi connectivity index (χ3n) is 6.60. The minimum absolute atomic E-state index is 0.617. The maximum absolute atomic E-state index is 4.06. The minimum Gasteiger partial charge on any atom is -0.355 e. The Kier molecular flexibility index (Phi) is 8.18. The van der Waals surface area contributed by atoms with E-state index in [1.807, 2.05) is 0 Å². The van der Waals surface area contributed by atoms with E-state index in [2.05, 4.69) is 143 Å². The Morgan fingerprint density at radius 2 is 1.49 bits per heavy atom. The molecule has 0 aliphatic heterocycles. The van der Waals surface area contributed by atoms with E-state index in [1.165, 1.54) is 50.5 Å². The predicted octanol–water partition coefficient (Wildman–Crippen LogP) is 10.1. The summed E-state index contributed by atoms with van der Waals surface area (Å²) in [5.74, 6) is 0.617. The monoisotopic (exact) mass is 488 g/mol. The molecule has 0 fully saturated rings. The van der Waals surface area contributed by atoms with Crippen LogP contribution in [0.4, 0.5) is 28.4 Å². The lowest BCUT2D eigenvalue weighted by molar-refractivity contribution is 0.647. The topological polar surface area (TPSA) is 15.3 Å². The lowest BCUT2D eigenvalue weighted by Crippen LogP contribution is -2.12. The number of hydrogen-bond donors (Lipinski definition) is 1. The quantitative estimate of drug-likeness (QED) is 0.236. The summed E-state index contributed by atoms with van der Waals surface area (Å²) in [5.41, 5.74) is 13.3. The molecule has 0 aliphatic rings. The zero-order valence-electron chi connectivity index (χ0n) is 23.2. The van der Waals surface area contributed by atoms with Crippen molar-refractivity contribution >= 4 is 28.4 Å². The summed E-state index contributed by atoms with van der Waals surface area (Å²) in [6.07, 6.45) is 1.97. The number of nitrogens with one attached hydrogen (secondary N) is 1. The van der Waals surface area contributed by atoms with Gasteiger partial charge in [-0.25, -0.2) is 0 Å². The molecule has 2 heteroatoms. The van der Waals surface area contributed by atoms with Crippen LogP contribution in [-0.2, 0) is 12.8 Å². The molecule has 190 valence electrons. The van der Waals surface area contributed by atoms with Crippen LogP contribution < -0.4 is 10.2 Å². The lowest BCUT2D eigenvalue weighted by atomic mass is 10.0. The van der Waals surface area contributed by atoms with Crippen molar-refractivity contribution in [2.75, 3.05) is 10.2 Å². The second-order valence-electron chi connectivity index (χ2n) is 10.9. The number of anilines is 5. The van der Waals surface area contributed by atoms with E-state index in [4.69, 9.17) is 0 Å². The number of allylic oxidation sites excluding steroid dienone is 1. The van der Waals surface area contributed by atoms with Crippen LogP contribution in [0.1, 0.15) is 48.6 Å². The molecular formula is C35H40N2. The number of rotatable bonds is 9. The molecule has 0 radical (unpaired) electrons. The van der Waals surface area contributed by atoms with E-state index in [9.17, 15) is 0 Å². The molecule has 4 rings (SSSR count). The molecule has 0 heterocycles. The fourth-order valence-corrected chi connectivity index (χ4v) is 4.85. The Balaban J connectivity index is 1.74. The molecule has 37 heavy (non-hydrogen) atoms. The fourth-order valence-electron chi connectivity index (χ4n) is 4.85. The molecule has 0 saturated heterocycles. The zero-order valence-corrected chi connectivity index (χ0v) is 23.2. The molecule has 0 aromatic heterocycles. The zero-order chi connectivity index (χ0) is 26.5. The number of nitrogens with zero attached hydrogens (tertiary/aromatic N) is 1. The number of benzene rings is 4. The molecule has 4 aromatic carbocycles. The molecule has 0 aliphatic carbocycles. The maximum Gasteiger partial charge on any atom is 0.0494 e. The van der Waals surface area contributed by atoms with Gasteiger partial charge in [-0.1, -0.05) is 68.0 Å². The maximum atomic E-state index is 4.06. The molecule has 2 nitrogen and oxygen atoms in total. The first kappa shape index (κ1) is 26.3. The summed E-state index contributed by atoms with van der Waals surface area (Å²) in [5, 5.41) is 3.66. The Bertz CT molecular complexity index is 1380. The van der Waals surface area contributed by atoms with Crippen molar-refractivity contribution in [3.63, 3.8) is 0 Å². The van der Waals surface area contributed by atoms with E-state index < -0.39 is 0 Å². The van der Waals surface area contributed by atoms with Gasteiger partial charge in [0.2, 0.25) is 0 Å². The Hall–Kier alpha value is -3.78. The van der Waals surface area contributed by atoms with Crippen LogP contribution in [0.3, 0.4) is 0 Å². The average molecular weight is 489 g/mol. The highest BCUT2D eigenvalue weighted by molar-refractivity contribution is 5.81. The Morgan fingerprint density at radius 3 is 2.19 bits per heavy atom. The molecule has 0 bridgehead atoms. The summed E-state index contributed by atoms with van der Waals surface area (Å²) in [6, 6.07) is 31.0. The highest BCUT2D eigenvalue weighted by Crippen LogP contribution is 2.39. The average Bonchev–Trinajstić information content (AvgIpc) is 2.83. The van der Waals surface area contributed by atoms with Crippen molar-refractivity contribution < 1.29 is 0 Å². The van der Waals surface area contributed by atoms with Crippen molar-refractivity contribution in [3.8, 4) is 0 Å². The smallest absolute Gasteiger partial charge is 0.0494 e. The van der Waals surface area contributed by atoms with Gasteiger partial charge in [0.1, 0.15) is 0 Å². The minimum atomic E-state index is 0.617. The van der Waals surface area contributed by atoms with Crippen molar-refractivity contribution in [2.24, 2.45) is 5.92 Å². The van der Waals surface area contributed by atoms with Gasteiger partial charge in [-0.05, 0) is 117 Å². The molecule has 0 amide bonds. The summed E-state index contributed by atoms with van der Waals surface area (Å²) < 4.78 is 0. The van der Waals surface area contributed by atoms with E-state index in [0.29, 0.717) is 5.92 Å². The van der Waals surface area contributed by atoms with Crippen LogP contribution in [-0.4, -0.2) is 0 Å². The van der Waals surface area contributed by atoms with Crippen molar-refractivity contribution in [2.45, 2.75) is 54.4 Å². The Morgan fingerprint density at radius 1 is 0.784 bits per heavy atom. The van der Waals surface area contributed by atoms with Gasteiger partial charge in [-0.15, -0.1) is 0 Å². The van der Waals surface area contributed by atoms with Crippen LogP contribution >= 0.6 is 0 Å². The third-order valence-corrected chi connectivity index (χ3v) is 6.60. The molecule has 0 spiro atoms. The molecule has 0 unspecified atom stereocenters.